The molecule has 146 valence electrons. The first-order valence-electron chi connectivity index (χ1n) is 9.15. The van der Waals surface area contributed by atoms with Gasteiger partial charge in [0.25, 0.3) is 0 Å². The minimum Gasteiger partial charge on any atom is -0.477 e. The molecule has 0 aliphatic carbocycles. The number of carboxylic acids is 1. The Morgan fingerprint density at radius 3 is 1.82 bits per heavy atom. The molecule has 28 heavy (non-hydrogen) atoms. The number of thiophene rings is 1. The number of benzene rings is 2. The van der Waals surface area contributed by atoms with Gasteiger partial charge in [-0.05, 0) is 64.4 Å². The average Bonchev–Trinajstić information content (AvgIpc) is 3.06. The molecule has 0 spiro atoms. The monoisotopic (exact) mass is 432 g/mol. The molecule has 0 unspecified atom stereocenters. The Kier molecular flexibility index (Phi) is 6.18. The maximum Gasteiger partial charge on any atom is 0.345 e. The highest BCUT2D eigenvalue weighted by Crippen LogP contribution is 2.45. The van der Waals surface area contributed by atoms with Crippen molar-refractivity contribution in [2.24, 2.45) is 0 Å². The molecule has 0 aliphatic rings. The van der Waals surface area contributed by atoms with E-state index in [2.05, 4.69) is 27.7 Å². The standard InChI is InChI=1S/C23H22Cl2O2S/c1-12(2)18-9-14(24)5-7-16(18)20-11-21(23(26)27)28-22(20)17-8-6-15(25)10-19(17)13(3)4/h5-13H,1-4H3,(H,26,27). The van der Waals surface area contributed by atoms with Crippen molar-refractivity contribution in [1.29, 1.82) is 0 Å². The predicted octanol–water partition coefficient (Wildman–Crippen LogP) is 8.33. The number of carbonyl (C=O) groups is 1. The SMILES string of the molecule is CC(C)c1cc(Cl)ccc1-c1cc(C(=O)O)sc1-c1ccc(Cl)cc1C(C)C. The van der Waals surface area contributed by atoms with Crippen LogP contribution in [0, 0.1) is 0 Å². The maximum absolute atomic E-state index is 11.7. The van der Waals surface area contributed by atoms with Crippen LogP contribution in [0.15, 0.2) is 42.5 Å². The second-order valence-corrected chi connectivity index (χ2v) is 9.36. The van der Waals surface area contributed by atoms with Gasteiger partial charge < -0.3 is 5.11 Å². The van der Waals surface area contributed by atoms with Crippen molar-refractivity contribution in [3.63, 3.8) is 0 Å². The lowest BCUT2D eigenvalue weighted by atomic mass is 9.89. The molecule has 0 saturated heterocycles. The molecule has 0 radical (unpaired) electrons. The third-order valence-corrected chi connectivity index (χ3v) is 6.38. The first-order chi connectivity index (χ1) is 13.2. The quantitative estimate of drug-likeness (QED) is 0.439. The maximum atomic E-state index is 11.7. The van der Waals surface area contributed by atoms with Crippen LogP contribution >= 0.6 is 34.5 Å². The van der Waals surface area contributed by atoms with Gasteiger partial charge in [0, 0.05) is 20.5 Å². The summed E-state index contributed by atoms with van der Waals surface area (Å²) in [5.41, 5.74) is 5.17. The largest absolute Gasteiger partial charge is 0.477 e. The van der Waals surface area contributed by atoms with Crippen LogP contribution in [0.25, 0.3) is 21.6 Å². The van der Waals surface area contributed by atoms with E-state index in [0.29, 0.717) is 14.9 Å². The van der Waals surface area contributed by atoms with Crippen molar-refractivity contribution in [1.82, 2.24) is 0 Å². The number of hydrogen-bond acceptors (Lipinski definition) is 2. The molecular weight excluding hydrogens is 411 g/mol. The first-order valence-corrected chi connectivity index (χ1v) is 10.7. The minimum absolute atomic E-state index is 0.254. The normalized spacial score (nSPS) is 11.4. The smallest absolute Gasteiger partial charge is 0.345 e. The molecule has 0 atom stereocenters. The highest BCUT2D eigenvalue weighted by molar-refractivity contribution is 7.18. The van der Waals surface area contributed by atoms with E-state index in [4.69, 9.17) is 23.2 Å². The van der Waals surface area contributed by atoms with Crippen LogP contribution in [0.4, 0.5) is 0 Å². The van der Waals surface area contributed by atoms with Gasteiger partial charge in [-0.1, -0.05) is 63.0 Å². The second-order valence-electron chi connectivity index (χ2n) is 7.43. The Morgan fingerprint density at radius 2 is 1.32 bits per heavy atom. The summed E-state index contributed by atoms with van der Waals surface area (Å²) in [6, 6.07) is 13.4. The van der Waals surface area contributed by atoms with Gasteiger partial charge in [-0.3, -0.25) is 0 Å². The van der Waals surface area contributed by atoms with E-state index in [1.54, 1.807) is 6.07 Å². The number of rotatable bonds is 5. The van der Waals surface area contributed by atoms with E-state index in [9.17, 15) is 9.90 Å². The van der Waals surface area contributed by atoms with Crippen LogP contribution in [0.2, 0.25) is 10.0 Å². The molecule has 3 rings (SSSR count). The average molecular weight is 433 g/mol. The molecule has 0 fully saturated rings. The Hall–Kier alpha value is -1.81. The summed E-state index contributed by atoms with van der Waals surface area (Å²) in [7, 11) is 0. The van der Waals surface area contributed by atoms with E-state index in [1.807, 2.05) is 36.4 Å². The molecule has 5 heteroatoms. The fourth-order valence-electron chi connectivity index (χ4n) is 3.37. The van der Waals surface area contributed by atoms with E-state index in [0.717, 1.165) is 32.7 Å². The number of aromatic carboxylic acids is 1. The molecule has 1 heterocycles. The fourth-order valence-corrected chi connectivity index (χ4v) is 4.79. The second kappa shape index (κ2) is 8.28. The van der Waals surface area contributed by atoms with Gasteiger partial charge in [-0.2, -0.15) is 0 Å². The highest BCUT2D eigenvalue weighted by Gasteiger charge is 2.22. The van der Waals surface area contributed by atoms with Crippen LogP contribution in [0.5, 0.6) is 0 Å². The highest BCUT2D eigenvalue weighted by atomic mass is 35.5. The molecule has 1 aromatic heterocycles. The molecule has 0 aliphatic heterocycles. The number of carboxylic acid groups (broad SMARTS) is 1. The van der Waals surface area contributed by atoms with Crippen molar-refractivity contribution in [3.8, 4) is 21.6 Å². The molecule has 0 bridgehead atoms. The van der Waals surface area contributed by atoms with E-state index in [1.165, 1.54) is 11.3 Å². The Balaban J connectivity index is 2.33. The molecule has 0 saturated carbocycles. The molecule has 0 amide bonds. The van der Waals surface area contributed by atoms with Crippen LogP contribution in [0.1, 0.15) is 60.3 Å². The lowest BCUT2D eigenvalue weighted by Crippen LogP contribution is -1.95. The summed E-state index contributed by atoms with van der Waals surface area (Å²) in [5, 5.41) is 11.0. The van der Waals surface area contributed by atoms with Gasteiger partial charge in [-0.25, -0.2) is 4.79 Å². The van der Waals surface area contributed by atoms with Crippen molar-refractivity contribution in [3.05, 3.63) is 68.5 Å². The molecule has 2 aromatic carbocycles. The summed E-state index contributed by atoms with van der Waals surface area (Å²) in [6.45, 7) is 8.45. The lowest BCUT2D eigenvalue weighted by molar-refractivity contribution is 0.0702. The third-order valence-electron chi connectivity index (χ3n) is 4.75. The van der Waals surface area contributed by atoms with Gasteiger partial charge in [0.2, 0.25) is 0 Å². The fraction of sp³-hybridized carbons (Fsp3) is 0.261. The predicted molar refractivity (Wildman–Crippen MR) is 120 cm³/mol. The lowest BCUT2D eigenvalue weighted by Gasteiger charge is -2.17. The zero-order valence-electron chi connectivity index (χ0n) is 16.2. The van der Waals surface area contributed by atoms with Crippen LogP contribution in [-0.4, -0.2) is 11.1 Å². The van der Waals surface area contributed by atoms with Crippen LogP contribution < -0.4 is 0 Å². The summed E-state index contributed by atoms with van der Waals surface area (Å²) in [6.07, 6.45) is 0. The zero-order valence-corrected chi connectivity index (χ0v) is 18.5. The van der Waals surface area contributed by atoms with E-state index < -0.39 is 5.97 Å². The number of halogens is 2. The molecule has 2 nitrogen and oxygen atoms in total. The molecular formula is C23H22Cl2O2S. The van der Waals surface area contributed by atoms with Gasteiger partial charge in [0.15, 0.2) is 0 Å². The van der Waals surface area contributed by atoms with E-state index in [-0.39, 0.29) is 11.8 Å². The van der Waals surface area contributed by atoms with Crippen molar-refractivity contribution in [2.75, 3.05) is 0 Å². The summed E-state index contributed by atoms with van der Waals surface area (Å²) >= 11 is 13.8. The first kappa shape index (κ1) is 20.9. The van der Waals surface area contributed by atoms with Gasteiger partial charge in [-0.15, -0.1) is 11.3 Å². The Labute approximate surface area is 179 Å². The summed E-state index contributed by atoms with van der Waals surface area (Å²) in [4.78, 5) is 13.0. The van der Waals surface area contributed by atoms with Gasteiger partial charge in [0.1, 0.15) is 4.88 Å². The van der Waals surface area contributed by atoms with Crippen LogP contribution in [-0.2, 0) is 0 Å². The topological polar surface area (TPSA) is 37.3 Å². The van der Waals surface area contributed by atoms with E-state index >= 15 is 0 Å². The summed E-state index contributed by atoms with van der Waals surface area (Å²) in [5.74, 6) is -0.408. The summed E-state index contributed by atoms with van der Waals surface area (Å²) < 4.78 is 0. The van der Waals surface area contributed by atoms with Crippen molar-refractivity contribution in [2.45, 2.75) is 39.5 Å². The molecule has 1 N–H and O–H groups in total. The Bertz CT molecular complexity index is 960. The minimum atomic E-state index is -0.919. The number of hydrogen-bond donors (Lipinski definition) is 1. The Morgan fingerprint density at radius 1 is 0.821 bits per heavy atom. The van der Waals surface area contributed by atoms with Crippen LogP contribution in [0.3, 0.4) is 0 Å². The third kappa shape index (κ3) is 4.12. The van der Waals surface area contributed by atoms with Gasteiger partial charge in [0.05, 0.1) is 0 Å². The molecule has 3 aromatic rings. The van der Waals surface area contributed by atoms with Gasteiger partial charge >= 0.3 is 5.97 Å². The zero-order chi connectivity index (χ0) is 20.6. The van der Waals surface area contributed by atoms with Crippen molar-refractivity contribution >= 4 is 40.5 Å². The van der Waals surface area contributed by atoms with Crippen molar-refractivity contribution < 1.29 is 9.90 Å².